The lowest BCUT2D eigenvalue weighted by molar-refractivity contribution is -0.182. The van der Waals surface area contributed by atoms with Gasteiger partial charge in [0.1, 0.15) is 18.1 Å². The van der Waals surface area contributed by atoms with Crippen LogP contribution in [-0.4, -0.2) is 54.7 Å². The van der Waals surface area contributed by atoms with E-state index < -0.39 is 17.8 Å². The SMILES string of the molecule is CCCCC[C@H](CN(C=O)OCc1ccccc1)C(=O)NCNC(=O)c1ccc(-c2cc(OC)cc(C(=O)O)c2)o1. The van der Waals surface area contributed by atoms with Gasteiger partial charge in [0, 0.05) is 5.56 Å². The number of nitrogens with one attached hydrogen (secondary N) is 2. The molecule has 218 valence electrons. The molecule has 0 fully saturated rings. The van der Waals surface area contributed by atoms with Crippen molar-refractivity contribution in [3.8, 4) is 17.1 Å². The van der Waals surface area contributed by atoms with Gasteiger partial charge in [-0.3, -0.25) is 19.2 Å². The van der Waals surface area contributed by atoms with Gasteiger partial charge in [0.25, 0.3) is 5.91 Å². The van der Waals surface area contributed by atoms with Crippen molar-refractivity contribution in [2.75, 3.05) is 20.3 Å². The number of hydrogen-bond donors (Lipinski definition) is 3. The lowest BCUT2D eigenvalue weighted by Crippen LogP contribution is -2.43. The first-order chi connectivity index (χ1) is 19.8. The summed E-state index contributed by atoms with van der Waals surface area (Å²) in [7, 11) is 1.42. The fourth-order valence-electron chi connectivity index (χ4n) is 4.06. The summed E-state index contributed by atoms with van der Waals surface area (Å²) in [5.74, 6) is -1.97. The third-order valence-corrected chi connectivity index (χ3v) is 6.30. The molecule has 0 unspecified atom stereocenters. The maximum absolute atomic E-state index is 13.0. The molecule has 3 N–H and O–H groups in total. The Labute approximate surface area is 238 Å². The predicted molar refractivity (Wildman–Crippen MR) is 150 cm³/mol. The molecule has 1 aromatic heterocycles. The number of aromatic carboxylic acids is 1. The minimum atomic E-state index is -1.13. The second-order valence-corrected chi connectivity index (χ2v) is 9.30. The zero-order valence-corrected chi connectivity index (χ0v) is 23.1. The lowest BCUT2D eigenvalue weighted by Gasteiger charge is -2.23. The van der Waals surface area contributed by atoms with Crippen molar-refractivity contribution < 1.29 is 38.3 Å². The zero-order valence-electron chi connectivity index (χ0n) is 23.1. The van der Waals surface area contributed by atoms with E-state index in [0.717, 1.165) is 29.9 Å². The van der Waals surface area contributed by atoms with Gasteiger partial charge in [-0.05, 0) is 42.3 Å². The number of rotatable bonds is 17. The van der Waals surface area contributed by atoms with E-state index in [1.807, 2.05) is 30.3 Å². The van der Waals surface area contributed by atoms with Crippen LogP contribution >= 0.6 is 0 Å². The molecule has 0 aliphatic heterocycles. The van der Waals surface area contributed by atoms with Gasteiger partial charge in [-0.15, -0.1) is 0 Å². The van der Waals surface area contributed by atoms with Crippen LogP contribution < -0.4 is 15.4 Å². The number of hydrogen-bond acceptors (Lipinski definition) is 7. The summed E-state index contributed by atoms with van der Waals surface area (Å²) in [6.45, 7) is 2.16. The number of carbonyl (C=O) groups is 4. The maximum atomic E-state index is 13.0. The highest BCUT2D eigenvalue weighted by Gasteiger charge is 2.22. The first-order valence-electron chi connectivity index (χ1n) is 13.3. The number of benzene rings is 2. The molecule has 11 heteroatoms. The molecule has 0 bridgehead atoms. The molecule has 3 amide bonds. The van der Waals surface area contributed by atoms with Gasteiger partial charge in [-0.1, -0.05) is 56.5 Å². The van der Waals surface area contributed by atoms with E-state index in [4.69, 9.17) is 14.0 Å². The number of methoxy groups -OCH3 is 1. The largest absolute Gasteiger partial charge is 0.497 e. The molecule has 0 aliphatic carbocycles. The summed E-state index contributed by atoms with van der Waals surface area (Å²) in [6, 6.07) is 16.8. The molecule has 41 heavy (non-hydrogen) atoms. The smallest absolute Gasteiger partial charge is 0.335 e. The highest BCUT2D eigenvalue weighted by Crippen LogP contribution is 2.28. The lowest BCUT2D eigenvalue weighted by atomic mass is 10.0. The molecule has 3 rings (SSSR count). The minimum Gasteiger partial charge on any atom is -0.497 e. The van der Waals surface area contributed by atoms with Gasteiger partial charge in [-0.2, -0.15) is 0 Å². The first kappa shape index (κ1) is 30.9. The minimum absolute atomic E-state index is 0.0107. The van der Waals surface area contributed by atoms with Gasteiger partial charge in [0.2, 0.25) is 12.3 Å². The standard InChI is InChI=1S/C30H35N3O8/c1-3-4-6-11-22(17-33(20-34)40-18-21-9-7-5-8-10-21)28(35)31-19-32-29(36)27-13-12-26(41-27)23-14-24(30(37)38)16-25(15-23)39-2/h5,7-10,12-16,20,22H,3-4,6,11,17-19H2,1-2H3,(H,31,35)(H,32,36)(H,37,38)/t22-/m1/s1. The van der Waals surface area contributed by atoms with Crippen LogP contribution in [-0.2, 0) is 21.0 Å². The molecular weight excluding hydrogens is 530 g/mol. The van der Waals surface area contributed by atoms with Crippen molar-refractivity contribution in [3.63, 3.8) is 0 Å². The fraction of sp³-hybridized carbons (Fsp3) is 0.333. The fourth-order valence-corrected chi connectivity index (χ4v) is 4.06. The number of carboxylic acids is 1. The van der Waals surface area contributed by atoms with Gasteiger partial charge >= 0.3 is 5.97 Å². The monoisotopic (exact) mass is 565 g/mol. The van der Waals surface area contributed by atoms with Crippen LogP contribution in [0, 0.1) is 5.92 Å². The molecule has 3 aromatic rings. The number of unbranched alkanes of at least 4 members (excludes halogenated alkanes) is 2. The number of carbonyl (C=O) groups excluding carboxylic acids is 3. The van der Waals surface area contributed by atoms with Crippen molar-refractivity contribution in [3.05, 3.63) is 77.6 Å². The van der Waals surface area contributed by atoms with Crippen molar-refractivity contribution in [1.82, 2.24) is 15.7 Å². The number of carboxylic acid groups (broad SMARTS) is 1. The van der Waals surface area contributed by atoms with E-state index >= 15 is 0 Å². The molecular formula is C30H35N3O8. The van der Waals surface area contributed by atoms with E-state index in [1.54, 1.807) is 12.1 Å². The van der Waals surface area contributed by atoms with Crippen LogP contribution in [0.25, 0.3) is 11.3 Å². The van der Waals surface area contributed by atoms with E-state index in [2.05, 4.69) is 17.6 Å². The second kappa shape index (κ2) is 15.8. The Bertz CT molecular complexity index is 1310. The van der Waals surface area contributed by atoms with Crippen LogP contribution in [0.4, 0.5) is 0 Å². The number of furan rings is 1. The van der Waals surface area contributed by atoms with Crippen molar-refractivity contribution in [2.45, 2.75) is 39.2 Å². The molecule has 1 atom stereocenters. The van der Waals surface area contributed by atoms with E-state index in [9.17, 15) is 24.3 Å². The van der Waals surface area contributed by atoms with E-state index in [-0.39, 0.29) is 42.8 Å². The average Bonchev–Trinajstić information content (AvgIpc) is 3.49. The van der Waals surface area contributed by atoms with Crippen molar-refractivity contribution >= 4 is 24.2 Å². The van der Waals surface area contributed by atoms with Crippen LogP contribution in [0.15, 0.2) is 65.1 Å². The quantitative estimate of drug-likeness (QED) is 0.0953. The van der Waals surface area contributed by atoms with E-state index in [1.165, 1.54) is 25.3 Å². The third kappa shape index (κ3) is 9.50. The molecule has 1 heterocycles. The molecule has 0 aliphatic rings. The Morgan fingerprint density at radius 2 is 1.83 bits per heavy atom. The summed E-state index contributed by atoms with van der Waals surface area (Å²) >= 11 is 0. The summed E-state index contributed by atoms with van der Waals surface area (Å²) in [4.78, 5) is 54.3. The van der Waals surface area contributed by atoms with Gasteiger partial charge in [-0.25, -0.2) is 9.86 Å². The maximum Gasteiger partial charge on any atom is 0.335 e. The normalized spacial score (nSPS) is 11.4. The summed E-state index contributed by atoms with van der Waals surface area (Å²) in [5.41, 5.74) is 1.33. The van der Waals surface area contributed by atoms with Gasteiger partial charge in [0.15, 0.2) is 5.76 Å². The Kier molecular flexibility index (Phi) is 11.9. The molecule has 11 nitrogen and oxygen atoms in total. The number of ether oxygens (including phenoxy) is 1. The zero-order chi connectivity index (χ0) is 29.6. The van der Waals surface area contributed by atoms with Crippen molar-refractivity contribution in [1.29, 1.82) is 0 Å². The number of amides is 3. The third-order valence-electron chi connectivity index (χ3n) is 6.30. The number of nitrogens with zero attached hydrogens (tertiary/aromatic N) is 1. The van der Waals surface area contributed by atoms with Crippen LogP contribution in [0.1, 0.15) is 59.1 Å². The van der Waals surface area contributed by atoms with Gasteiger partial charge in [0.05, 0.1) is 31.8 Å². The molecule has 0 spiro atoms. The van der Waals surface area contributed by atoms with Crippen LogP contribution in [0.2, 0.25) is 0 Å². The van der Waals surface area contributed by atoms with E-state index in [0.29, 0.717) is 24.1 Å². The Morgan fingerprint density at radius 3 is 2.51 bits per heavy atom. The summed E-state index contributed by atoms with van der Waals surface area (Å²) < 4.78 is 10.8. The molecule has 0 saturated heterocycles. The number of hydroxylamine groups is 2. The Morgan fingerprint density at radius 1 is 1.05 bits per heavy atom. The molecule has 0 radical (unpaired) electrons. The second-order valence-electron chi connectivity index (χ2n) is 9.30. The average molecular weight is 566 g/mol. The van der Waals surface area contributed by atoms with Crippen LogP contribution in [0.5, 0.6) is 5.75 Å². The molecule has 2 aromatic carbocycles. The predicted octanol–water partition coefficient (Wildman–Crippen LogP) is 4.24. The highest BCUT2D eigenvalue weighted by atomic mass is 16.7. The molecule has 0 saturated carbocycles. The topological polar surface area (TPSA) is 147 Å². The van der Waals surface area contributed by atoms with Gasteiger partial charge < -0.3 is 24.9 Å². The Balaban J connectivity index is 1.57. The summed E-state index contributed by atoms with van der Waals surface area (Å²) in [5, 5.41) is 15.7. The van der Waals surface area contributed by atoms with Crippen LogP contribution in [0.3, 0.4) is 0 Å². The van der Waals surface area contributed by atoms with Crippen molar-refractivity contribution in [2.24, 2.45) is 5.92 Å². The highest BCUT2D eigenvalue weighted by molar-refractivity contribution is 5.93. The Hall–Kier alpha value is -4.64. The first-order valence-corrected chi connectivity index (χ1v) is 13.3. The summed E-state index contributed by atoms with van der Waals surface area (Å²) in [6.07, 6.45) is 3.82.